The molecule has 3 heteroatoms. The maximum absolute atomic E-state index is 11.8. The molecule has 0 heterocycles. The lowest BCUT2D eigenvalue weighted by molar-refractivity contribution is -0.121. The van der Waals surface area contributed by atoms with Crippen LogP contribution in [-0.2, 0) is 4.79 Å². The number of carbonyl (C=O) groups is 1. The normalized spacial score (nSPS) is 26.1. The summed E-state index contributed by atoms with van der Waals surface area (Å²) in [5.74, 6) is 1.58. The summed E-state index contributed by atoms with van der Waals surface area (Å²) in [6, 6.07) is 0.813. The second-order valence-electron chi connectivity index (χ2n) is 6.06. The molecule has 0 aromatic heterocycles. The lowest BCUT2D eigenvalue weighted by atomic mass is 9.78. The number of amides is 1. The molecule has 3 atom stereocenters. The van der Waals surface area contributed by atoms with Crippen LogP contribution in [0.2, 0.25) is 0 Å². The van der Waals surface area contributed by atoms with Crippen LogP contribution in [0.5, 0.6) is 0 Å². The average molecular weight is 254 g/mol. The first-order chi connectivity index (χ1) is 8.54. The molecule has 0 spiro atoms. The summed E-state index contributed by atoms with van der Waals surface area (Å²) < 4.78 is 0. The van der Waals surface area contributed by atoms with Crippen molar-refractivity contribution in [3.63, 3.8) is 0 Å². The number of rotatable bonds is 6. The zero-order chi connectivity index (χ0) is 13.5. The quantitative estimate of drug-likeness (QED) is 0.765. The number of nitrogens with one attached hydrogen (secondary N) is 2. The van der Waals surface area contributed by atoms with Crippen molar-refractivity contribution in [2.75, 3.05) is 6.54 Å². The molecule has 1 rings (SSSR count). The van der Waals surface area contributed by atoms with E-state index in [0.717, 1.165) is 12.3 Å². The summed E-state index contributed by atoms with van der Waals surface area (Å²) in [6.45, 7) is 9.20. The summed E-state index contributed by atoms with van der Waals surface area (Å²) >= 11 is 0. The summed E-state index contributed by atoms with van der Waals surface area (Å²) in [7, 11) is 0. The SMILES string of the molecule is CCC(C)NC(=O)CNC1CCCCC1C(C)C. The zero-order valence-electron chi connectivity index (χ0n) is 12.5. The first-order valence-corrected chi connectivity index (χ1v) is 7.57. The number of hydrogen-bond acceptors (Lipinski definition) is 2. The van der Waals surface area contributed by atoms with Crippen molar-refractivity contribution in [3.05, 3.63) is 0 Å². The Labute approximate surface area is 112 Å². The third kappa shape index (κ3) is 4.97. The van der Waals surface area contributed by atoms with E-state index < -0.39 is 0 Å². The van der Waals surface area contributed by atoms with E-state index in [1.54, 1.807) is 0 Å². The van der Waals surface area contributed by atoms with Crippen molar-refractivity contribution in [2.24, 2.45) is 11.8 Å². The molecule has 0 radical (unpaired) electrons. The number of carbonyl (C=O) groups excluding carboxylic acids is 1. The zero-order valence-corrected chi connectivity index (χ0v) is 12.5. The third-order valence-corrected chi connectivity index (χ3v) is 4.22. The van der Waals surface area contributed by atoms with Crippen molar-refractivity contribution in [1.82, 2.24) is 10.6 Å². The molecule has 3 nitrogen and oxygen atoms in total. The van der Waals surface area contributed by atoms with Gasteiger partial charge in [0.25, 0.3) is 0 Å². The Hall–Kier alpha value is -0.570. The van der Waals surface area contributed by atoms with E-state index in [-0.39, 0.29) is 11.9 Å². The fraction of sp³-hybridized carbons (Fsp3) is 0.933. The molecule has 0 bridgehead atoms. The molecular formula is C15H30N2O. The van der Waals surface area contributed by atoms with Crippen molar-refractivity contribution in [1.29, 1.82) is 0 Å². The van der Waals surface area contributed by atoms with Gasteiger partial charge in [0, 0.05) is 12.1 Å². The molecule has 106 valence electrons. The van der Waals surface area contributed by atoms with Gasteiger partial charge < -0.3 is 10.6 Å². The molecule has 2 N–H and O–H groups in total. The van der Waals surface area contributed by atoms with Gasteiger partial charge in [0.2, 0.25) is 5.91 Å². The summed E-state index contributed by atoms with van der Waals surface area (Å²) in [4.78, 5) is 11.8. The van der Waals surface area contributed by atoms with Gasteiger partial charge in [0.15, 0.2) is 0 Å². The highest BCUT2D eigenvalue weighted by atomic mass is 16.1. The van der Waals surface area contributed by atoms with Crippen LogP contribution >= 0.6 is 0 Å². The standard InChI is InChI=1S/C15H30N2O/c1-5-12(4)17-15(18)10-16-14-9-7-6-8-13(14)11(2)3/h11-14,16H,5-10H2,1-4H3,(H,17,18). The fourth-order valence-corrected chi connectivity index (χ4v) is 2.86. The molecule has 1 aliphatic rings. The Morgan fingerprint density at radius 3 is 2.50 bits per heavy atom. The molecule has 0 saturated heterocycles. The largest absolute Gasteiger partial charge is 0.353 e. The van der Waals surface area contributed by atoms with Crippen LogP contribution < -0.4 is 10.6 Å². The van der Waals surface area contributed by atoms with Crippen LogP contribution in [0.25, 0.3) is 0 Å². The highest BCUT2D eigenvalue weighted by Gasteiger charge is 2.27. The van der Waals surface area contributed by atoms with Gasteiger partial charge in [-0.05, 0) is 38.0 Å². The first-order valence-electron chi connectivity index (χ1n) is 7.57. The second-order valence-corrected chi connectivity index (χ2v) is 6.06. The predicted octanol–water partition coefficient (Wildman–Crippen LogP) is 2.71. The molecule has 1 fully saturated rings. The van der Waals surface area contributed by atoms with Crippen LogP contribution in [0.4, 0.5) is 0 Å². The van der Waals surface area contributed by atoms with Crippen molar-refractivity contribution in [3.8, 4) is 0 Å². The number of hydrogen-bond donors (Lipinski definition) is 2. The molecule has 0 aromatic rings. The molecule has 3 unspecified atom stereocenters. The highest BCUT2D eigenvalue weighted by molar-refractivity contribution is 5.78. The fourth-order valence-electron chi connectivity index (χ4n) is 2.86. The van der Waals surface area contributed by atoms with Gasteiger partial charge in [0.1, 0.15) is 0 Å². The molecule has 0 aliphatic heterocycles. The van der Waals surface area contributed by atoms with Gasteiger partial charge in [-0.2, -0.15) is 0 Å². The first kappa shape index (κ1) is 15.5. The van der Waals surface area contributed by atoms with Gasteiger partial charge >= 0.3 is 0 Å². The Bertz CT molecular complexity index is 253. The molecule has 0 aromatic carbocycles. The van der Waals surface area contributed by atoms with Crippen LogP contribution in [0.15, 0.2) is 0 Å². The predicted molar refractivity (Wildman–Crippen MR) is 76.5 cm³/mol. The van der Waals surface area contributed by atoms with Gasteiger partial charge in [-0.25, -0.2) is 0 Å². The average Bonchev–Trinajstić information content (AvgIpc) is 2.36. The molecule has 1 aliphatic carbocycles. The van der Waals surface area contributed by atoms with Crippen LogP contribution in [-0.4, -0.2) is 24.5 Å². The van der Waals surface area contributed by atoms with E-state index in [9.17, 15) is 4.79 Å². The summed E-state index contributed by atoms with van der Waals surface area (Å²) in [5.41, 5.74) is 0. The summed E-state index contributed by atoms with van der Waals surface area (Å²) in [5, 5.41) is 6.48. The van der Waals surface area contributed by atoms with Gasteiger partial charge in [0.05, 0.1) is 6.54 Å². The molecule has 18 heavy (non-hydrogen) atoms. The van der Waals surface area contributed by atoms with Crippen molar-refractivity contribution in [2.45, 2.75) is 71.9 Å². The van der Waals surface area contributed by atoms with Gasteiger partial charge in [-0.1, -0.05) is 33.6 Å². The minimum atomic E-state index is 0.137. The van der Waals surface area contributed by atoms with E-state index in [1.165, 1.54) is 25.7 Å². The topological polar surface area (TPSA) is 41.1 Å². The molecule has 1 amide bonds. The Morgan fingerprint density at radius 2 is 1.89 bits per heavy atom. The van der Waals surface area contributed by atoms with Crippen LogP contribution in [0, 0.1) is 11.8 Å². The van der Waals surface area contributed by atoms with E-state index >= 15 is 0 Å². The third-order valence-electron chi connectivity index (χ3n) is 4.22. The lowest BCUT2D eigenvalue weighted by Gasteiger charge is -2.35. The Morgan fingerprint density at radius 1 is 1.22 bits per heavy atom. The molecule has 1 saturated carbocycles. The smallest absolute Gasteiger partial charge is 0.234 e. The summed E-state index contributed by atoms with van der Waals surface area (Å²) in [6.07, 6.45) is 6.17. The maximum Gasteiger partial charge on any atom is 0.234 e. The van der Waals surface area contributed by atoms with E-state index in [0.29, 0.717) is 18.5 Å². The van der Waals surface area contributed by atoms with E-state index in [2.05, 4.69) is 38.3 Å². The Kier molecular flexibility index (Phi) is 6.69. The minimum absolute atomic E-state index is 0.137. The lowest BCUT2D eigenvalue weighted by Crippen LogP contribution is -2.46. The Balaban J connectivity index is 2.34. The van der Waals surface area contributed by atoms with Gasteiger partial charge in [-0.3, -0.25) is 4.79 Å². The highest BCUT2D eigenvalue weighted by Crippen LogP contribution is 2.29. The second kappa shape index (κ2) is 7.78. The van der Waals surface area contributed by atoms with E-state index in [1.807, 2.05) is 0 Å². The van der Waals surface area contributed by atoms with Crippen molar-refractivity contribution < 1.29 is 4.79 Å². The molecular weight excluding hydrogens is 224 g/mol. The van der Waals surface area contributed by atoms with E-state index in [4.69, 9.17) is 0 Å². The van der Waals surface area contributed by atoms with Crippen LogP contribution in [0.3, 0.4) is 0 Å². The van der Waals surface area contributed by atoms with Crippen LogP contribution in [0.1, 0.15) is 59.8 Å². The van der Waals surface area contributed by atoms with Gasteiger partial charge in [-0.15, -0.1) is 0 Å². The minimum Gasteiger partial charge on any atom is -0.353 e. The van der Waals surface area contributed by atoms with Crippen molar-refractivity contribution >= 4 is 5.91 Å². The monoisotopic (exact) mass is 254 g/mol. The maximum atomic E-state index is 11.8.